The highest BCUT2D eigenvalue weighted by atomic mass is 16.3. The Morgan fingerprint density at radius 3 is 3.00 bits per heavy atom. The van der Waals surface area contributed by atoms with Gasteiger partial charge in [-0.25, -0.2) is 0 Å². The molecule has 10 heavy (non-hydrogen) atoms. The van der Waals surface area contributed by atoms with Crippen molar-refractivity contribution in [3.05, 3.63) is 42.0 Å². The van der Waals surface area contributed by atoms with E-state index in [9.17, 15) is 0 Å². The molecule has 1 aromatic carbocycles. The van der Waals surface area contributed by atoms with Gasteiger partial charge in [-0.2, -0.15) is 0 Å². The summed E-state index contributed by atoms with van der Waals surface area (Å²) in [5.41, 5.74) is 1.86. The smallest absolute Gasteiger partial charge is 0.0682 e. The van der Waals surface area contributed by atoms with E-state index in [1.165, 1.54) is 0 Å². The fourth-order valence-electron chi connectivity index (χ4n) is 0.751. The molecule has 0 atom stereocenters. The van der Waals surface area contributed by atoms with Crippen LogP contribution in [0.2, 0.25) is 0 Å². The van der Waals surface area contributed by atoms with Crippen molar-refractivity contribution in [1.82, 2.24) is 0 Å². The van der Waals surface area contributed by atoms with E-state index in [-0.39, 0.29) is 6.61 Å². The first-order chi connectivity index (χ1) is 4.86. The molecular formula is C9H9O. The Morgan fingerprint density at radius 1 is 1.60 bits per heavy atom. The summed E-state index contributed by atoms with van der Waals surface area (Å²) in [7, 11) is 0. The van der Waals surface area contributed by atoms with E-state index in [4.69, 9.17) is 5.11 Å². The van der Waals surface area contributed by atoms with Crippen molar-refractivity contribution >= 4 is 6.08 Å². The van der Waals surface area contributed by atoms with Gasteiger partial charge in [-0.15, -0.1) is 0 Å². The van der Waals surface area contributed by atoms with E-state index in [2.05, 4.69) is 12.6 Å². The van der Waals surface area contributed by atoms with Gasteiger partial charge >= 0.3 is 0 Å². The monoisotopic (exact) mass is 133 g/mol. The van der Waals surface area contributed by atoms with Crippen molar-refractivity contribution in [3.8, 4) is 0 Å². The van der Waals surface area contributed by atoms with Crippen LogP contribution in [0.1, 0.15) is 11.1 Å². The van der Waals surface area contributed by atoms with Gasteiger partial charge in [0.1, 0.15) is 0 Å². The minimum absolute atomic E-state index is 0.0676. The number of hydrogen-bond donors (Lipinski definition) is 1. The Balaban J connectivity index is 2.98. The quantitative estimate of drug-likeness (QED) is 0.650. The van der Waals surface area contributed by atoms with E-state index in [0.29, 0.717) is 0 Å². The molecule has 0 saturated heterocycles. The molecule has 0 spiro atoms. The first-order valence-corrected chi connectivity index (χ1v) is 3.10. The van der Waals surface area contributed by atoms with Crippen LogP contribution in [0, 0.1) is 6.07 Å². The summed E-state index contributed by atoms with van der Waals surface area (Å²) in [6.07, 6.45) is 1.73. The molecule has 1 aromatic rings. The van der Waals surface area contributed by atoms with Crippen LogP contribution in [0.3, 0.4) is 0 Å². The summed E-state index contributed by atoms with van der Waals surface area (Å²) in [5, 5.41) is 8.70. The number of aliphatic hydroxyl groups is 1. The van der Waals surface area contributed by atoms with Crippen LogP contribution < -0.4 is 0 Å². The first kappa shape index (κ1) is 7.03. The maximum atomic E-state index is 8.70. The standard InChI is InChI=1S/C9H9O/c1-2-8-4-3-5-9(6-8)7-10/h2,4-6,10H,1,7H2. The van der Waals surface area contributed by atoms with Crippen molar-refractivity contribution in [2.45, 2.75) is 6.61 Å². The summed E-state index contributed by atoms with van der Waals surface area (Å²) < 4.78 is 0. The molecule has 0 bridgehead atoms. The molecule has 0 aliphatic rings. The van der Waals surface area contributed by atoms with Crippen molar-refractivity contribution in [2.24, 2.45) is 0 Å². The molecule has 0 aliphatic carbocycles. The lowest BCUT2D eigenvalue weighted by Gasteiger charge is -1.95. The third-order valence-electron chi connectivity index (χ3n) is 1.29. The predicted octanol–water partition coefficient (Wildman–Crippen LogP) is 1.62. The summed E-state index contributed by atoms with van der Waals surface area (Å²) >= 11 is 0. The molecule has 0 aromatic heterocycles. The highest BCUT2D eigenvalue weighted by molar-refractivity contribution is 5.47. The second-order valence-electron chi connectivity index (χ2n) is 2.04. The largest absolute Gasteiger partial charge is 0.392 e. The van der Waals surface area contributed by atoms with Crippen molar-refractivity contribution in [2.75, 3.05) is 0 Å². The molecule has 0 unspecified atom stereocenters. The highest BCUT2D eigenvalue weighted by Crippen LogP contribution is 2.04. The van der Waals surface area contributed by atoms with E-state index < -0.39 is 0 Å². The molecule has 1 rings (SSSR count). The van der Waals surface area contributed by atoms with Gasteiger partial charge < -0.3 is 5.11 Å². The molecule has 1 radical (unpaired) electrons. The lowest BCUT2D eigenvalue weighted by Crippen LogP contribution is -1.82. The summed E-state index contributed by atoms with van der Waals surface area (Å²) in [6.45, 7) is 3.67. The van der Waals surface area contributed by atoms with Crippen LogP contribution in [-0.4, -0.2) is 5.11 Å². The zero-order valence-corrected chi connectivity index (χ0v) is 5.67. The number of aliphatic hydroxyl groups excluding tert-OH is 1. The minimum atomic E-state index is 0.0676. The number of rotatable bonds is 2. The van der Waals surface area contributed by atoms with Crippen molar-refractivity contribution < 1.29 is 5.11 Å². The van der Waals surface area contributed by atoms with Gasteiger partial charge in [0.15, 0.2) is 0 Å². The van der Waals surface area contributed by atoms with Gasteiger partial charge in [0.25, 0.3) is 0 Å². The molecule has 1 nitrogen and oxygen atoms in total. The minimum Gasteiger partial charge on any atom is -0.392 e. The van der Waals surface area contributed by atoms with Crippen molar-refractivity contribution in [1.29, 1.82) is 0 Å². The summed E-state index contributed by atoms with van der Waals surface area (Å²) in [5.74, 6) is 0. The van der Waals surface area contributed by atoms with Crippen molar-refractivity contribution in [3.63, 3.8) is 0 Å². The topological polar surface area (TPSA) is 20.2 Å². The second-order valence-corrected chi connectivity index (χ2v) is 2.04. The van der Waals surface area contributed by atoms with E-state index >= 15 is 0 Å². The third-order valence-corrected chi connectivity index (χ3v) is 1.29. The normalized spacial score (nSPS) is 9.30. The maximum absolute atomic E-state index is 8.70. The van der Waals surface area contributed by atoms with Gasteiger partial charge in [0.2, 0.25) is 0 Å². The third kappa shape index (κ3) is 1.45. The molecule has 0 aliphatic heterocycles. The zero-order valence-electron chi connectivity index (χ0n) is 5.67. The van der Waals surface area contributed by atoms with Gasteiger partial charge in [0, 0.05) is 0 Å². The SMILES string of the molecule is C=Cc1c[c]cc(CO)c1. The number of benzene rings is 1. The second kappa shape index (κ2) is 3.18. The van der Waals surface area contributed by atoms with E-state index in [0.717, 1.165) is 11.1 Å². The van der Waals surface area contributed by atoms with Gasteiger partial charge in [-0.3, -0.25) is 0 Å². The summed E-state index contributed by atoms with van der Waals surface area (Å²) in [4.78, 5) is 0. The Labute approximate surface area is 60.6 Å². The van der Waals surface area contributed by atoms with Gasteiger partial charge in [-0.1, -0.05) is 12.7 Å². The average Bonchev–Trinajstić information content (AvgIpc) is 2.05. The molecule has 0 fully saturated rings. The Bertz CT molecular complexity index is 228. The fourth-order valence-corrected chi connectivity index (χ4v) is 0.751. The zero-order chi connectivity index (χ0) is 7.40. The van der Waals surface area contributed by atoms with Crippen LogP contribution in [0.5, 0.6) is 0 Å². The molecule has 0 amide bonds. The van der Waals surface area contributed by atoms with E-state index in [1.54, 1.807) is 12.1 Å². The molecule has 1 heteroatoms. The molecule has 51 valence electrons. The molecular weight excluding hydrogens is 124 g/mol. The summed E-state index contributed by atoms with van der Waals surface area (Å²) in [6, 6.07) is 8.36. The Kier molecular flexibility index (Phi) is 2.24. The average molecular weight is 133 g/mol. The molecule has 0 heterocycles. The van der Waals surface area contributed by atoms with Gasteiger partial charge in [-0.05, 0) is 35.4 Å². The Hall–Kier alpha value is -1.08. The van der Waals surface area contributed by atoms with Crippen LogP contribution >= 0.6 is 0 Å². The lowest BCUT2D eigenvalue weighted by molar-refractivity contribution is 0.282. The highest BCUT2D eigenvalue weighted by Gasteiger charge is 1.88. The maximum Gasteiger partial charge on any atom is 0.0682 e. The first-order valence-electron chi connectivity index (χ1n) is 3.10. The van der Waals surface area contributed by atoms with Crippen LogP contribution in [-0.2, 0) is 6.61 Å². The molecule has 1 N–H and O–H groups in total. The van der Waals surface area contributed by atoms with Crippen LogP contribution in [0.15, 0.2) is 24.8 Å². The number of hydrogen-bond acceptors (Lipinski definition) is 1. The fraction of sp³-hybridized carbons (Fsp3) is 0.111. The van der Waals surface area contributed by atoms with Gasteiger partial charge in [0.05, 0.1) is 6.61 Å². The molecule has 0 saturated carbocycles. The van der Waals surface area contributed by atoms with Crippen LogP contribution in [0.4, 0.5) is 0 Å². The Morgan fingerprint density at radius 2 is 2.40 bits per heavy atom. The predicted molar refractivity (Wildman–Crippen MR) is 41.3 cm³/mol. The van der Waals surface area contributed by atoms with E-state index in [1.807, 2.05) is 12.1 Å². The van der Waals surface area contributed by atoms with Crippen LogP contribution in [0.25, 0.3) is 6.08 Å². The lowest BCUT2D eigenvalue weighted by atomic mass is 10.1.